The van der Waals surface area contributed by atoms with E-state index in [1.54, 1.807) is 30.5 Å². The average molecular weight is 356 g/mol. The third-order valence-corrected chi connectivity index (χ3v) is 4.29. The zero-order chi connectivity index (χ0) is 18.8. The highest BCUT2D eigenvalue weighted by atomic mass is 16.1. The van der Waals surface area contributed by atoms with E-state index in [1.165, 1.54) is 6.07 Å². The fourth-order valence-corrected chi connectivity index (χ4v) is 3.00. The van der Waals surface area contributed by atoms with Crippen LogP contribution in [0.4, 0.5) is 11.4 Å². The maximum absolute atomic E-state index is 11.5. The van der Waals surface area contributed by atoms with Gasteiger partial charge in [-0.25, -0.2) is 4.98 Å². The van der Waals surface area contributed by atoms with Crippen molar-refractivity contribution >= 4 is 28.3 Å². The first kappa shape index (κ1) is 16.5. The van der Waals surface area contributed by atoms with Gasteiger partial charge in [0, 0.05) is 34.5 Å². The summed E-state index contributed by atoms with van der Waals surface area (Å²) >= 11 is 0. The minimum Gasteiger partial charge on any atom is -0.366 e. The Balaban J connectivity index is 1.80. The minimum absolute atomic E-state index is 0.198. The van der Waals surface area contributed by atoms with Crippen LogP contribution in [-0.4, -0.2) is 15.9 Å². The summed E-state index contributed by atoms with van der Waals surface area (Å²) in [5.74, 6) is -0.466. The predicted octanol–water partition coefficient (Wildman–Crippen LogP) is 3.43. The summed E-state index contributed by atoms with van der Waals surface area (Å²) in [7, 11) is 0. The Labute approximate surface area is 154 Å². The van der Waals surface area contributed by atoms with Crippen molar-refractivity contribution in [2.24, 2.45) is 5.73 Å². The Bertz CT molecular complexity index is 1210. The van der Waals surface area contributed by atoms with Crippen LogP contribution in [-0.2, 0) is 0 Å². The molecule has 0 atom stereocenters. The maximum Gasteiger partial charge on any atom is 0.249 e. The lowest BCUT2D eigenvalue weighted by molar-refractivity contribution is 0.100. The van der Waals surface area contributed by atoms with E-state index in [1.807, 2.05) is 36.4 Å². The molecule has 0 spiro atoms. The Morgan fingerprint density at radius 3 is 2.67 bits per heavy atom. The zero-order valence-electron chi connectivity index (χ0n) is 14.3. The van der Waals surface area contributed by atoms with Crippen molar-refractivity contribution in [2.75, 3.05) is 5.32 Å². The highest BCUT2D eigenvalue weighted by molar-refractivity contribution is 5.96. The normalized spacial score (nSPS) is 10.7. The second-order valence-electron chi connectivity index (χ2n) is 6.06. The number of nitrogens with zero attached hydrogens (tertiary/aromatic N) is 1. The van der Waals surface area contributed by atoms with Crippen molar-refractivity contribution in [3.8, 4) is 11.1 Å². The van der Waals surface area contributed by atoms with Crippen LogP contribution in [0.5, 0.6) is 0 Å². The Kier molecular flexibility index (Phi) is 4.14. The molecule has 4 aromatic rings. The van der Waals surface area contributed by atoms with Gasteiger partial charge in [0.05, 0.1) is 5.69 Å². The molecule has 6 heteroatoms. The van der Waals surface area contributed by atoms with E-state index in [2.05, 4.69) is 15.3 Å². The van der Waals surface area contributed by atoms with E-state index in [0.29, 0.717) is 11.2 Å². The van der Waals surface area contributed by atoms with Crippen LogP contribution in [0.2, 0.25) is 0 Å². The van der Waals surface area contributed by atoms with Gasteiger partial charge in [-0.15, -0.1) is 0 Å². The van der Waals surface area contributed by atoms with E-state index in [4.69, 9.17) is 5.73 Å². The fraction of sp³-hybridized carbons (Fsp3) is 0. The smallest absolute Gasteiger partial charge is 0.249 e. The number of para-hydroxylation sites is 1. The first-order valence-electron chi connectivity index (χ1n) is 8.36. The lowest BCUT2D eigenvalue weighted by Gasteiger charge is -2.14. The van der Waals surface area contributed by atoms with Gasteiger partial charge < -0.3 is 16.0 Å². The second-order valence-corrected chi connectivity index (χ2v) is 6.06. The van der Waals surface area contributed by atoms with Crippen molar-refractivity contribution in [1.29, 1.82) is 0 Å². The van der Waals surface area contributed by atoms with E-state index < -0.39 is 5.91 Å². The Morgan fingerprint density at radius 2 is 1.81 bits per heavy atom. The summed E-state index contributed by atoms with van der Waals surface area (Å²) in [5, 5.41) is 4.21. The number of hydrogen-bond acceptors (Lipinski definition) is 4. The molecule has 2 heterocycles. The summed E-state index contributed by atoms with van der Waals surface area (Å²) in [6, 6.07) is 20.0. The number of benzene rings is 2. The number of aromatic amines is 1. The number of anilines is 2. The highest BCUT2D eigenvalue weighted by Crippen LogP contribution is 2.32. The Morgan fingerprint density at radius 1 is 0.963 bits per heavy atom. The molecule has 0 fully saturated rings. The molecule has 132 valence electrons. The molecule has 2 aromatic carbocycles. The number of fused-ring (bicyclic) bond motifs is 1. The molecule has 2 aromatic heterocycles. The number of H-pyrrole nitrogens is 1. The monoisotopic (exact) mass is 356 g/mol. The summed E-state index contributed by atoms with van der Waals surface area (Å²) in [6.07, 6.45) is 1.64. The zero-order valence-corrected chi connectivity index (χ0v) is 14.3. The molecule has 0 saturated heterocycles. The number of pyridine rings is 2. The van der Waals surface area contributed by atoms with Crippen LogP contribution < -0.4 is 16.6 Å². The van der Waals surface area contributed by atoms with Gasteiger partial charge in [-0.05, 0) is 35.9 Å². The van der Waals surface area contributed by atoms with Gasteiger partial charge in [0.15, 0.2) is 0 Å². The van der Waals surface area contributed by atoms with Gasteiger partial charge in [0.25, 0.3) is 0 Å². The van der Waals surface area contributed by atoms with E-state index in [0.717, 1.165) is 27.9 Å². The molecule has 4 rings (SSSR count). The van der Waals surface area contributed by atoms with Crippen LogP contribution >= 0.6 is 0 Å². The third kappa shape index (κ3) is 3.28. The summed E-state index contributed by atoms with van der Waals surface area (Å²) in [5.41, 5.74) is 9.65. The average Bonchev–Trinajstić information content (AvgIpc) is 2.68. The standard InChI is InChI=1S/C21H16N4O2/c22-20(27)14-5-3-4-13(12-14)15-6-1-2-7-17(15)24-18-10-11-23-21-16(18)8-9-19(26)25-21/h1-12H,(H2,22,27)(H2,23,24,25,26). The molecule has 4 N–H and O–H groups in total. The van der Waals surface area contributed by atoms with Crippen LogP contribution in [0.15, 0.2) is 77.7 Å². The van der Waals surface area contributed by atoms with Gasteiger partial charge in [-0.3, -0.25) is 9.59 Å². The molecule has 27 heavy (non-hydrogen) atoms. The Hall–Kier alpha value is -3.93. The quantitative estimate of drug-likeness (QED) is 0.521. The highest BCUT2D eigenvalue weighted by Gasteiger charge is 2.09. The molecule has 0 aliphatic rings. The number of nitrogens with two attached hydrogens (primary N) is 1. The van der Waals surface area contributed by atoms with E-state index in [9.17, 15) is 9.59 Å². The van der Waals surface area contributed by atoms with Crippen molar-refractivity contribution in [3.05, 3.63) is 88.8 Å². The molecular formula is C21H16N4O2. The number of aromatic nitrogens is 2. The van der Waals surface area contributed by atoms with Crippen molar-refractivity contribution in [2.45, 2.75) is 0 Å². The molecular weight excluding hydrogens is 340 g/mol. The summed E-state index contributed by atoms with van der Waals surface area (Å²) in [4.78, 5) is 30.0. The number of carbonyl (C=O) groups is 1. The third-order valence-electron chi connectivity index (χ3n) is 4.29. The van der Waals surface area contributed by atoms with Gasteiger partial charge in [-0.2, -0.15) is 0 Å². The molecule has 0 bridgehead atoms. The first-order chi connectivity index (χ1) is 13.1. The molecule has 0 aliphatic heterocycles. The fourth-order valence-electron chi connectivity index (χ4n) is 3.00. The lowest BCUT2D eigenvalue weighted by atomic mass is 10.0. The van der Waals surface area contributed by atoms with Crippen molar-refractivity contribution in [1.82, 2.24) is 9.97 Å². The lowest BCUT2D eigenvalue weighted by Crippen LogP contribution is -2.10. The molecule has 0 aliphatic carbocycles. The van der Waals surface area contributed by atoms with Crippen LogP contribution in [0, 0.1) is 0 Å². The number of hydrogen-bond donors (Lipinski definition) is 3. The topological polar surface area (TPSA) is 101 Å². The first-order valence-corrected chi connectivity index (χ1v) is 8.36. The molecule has 0 unspecified atom stereocenters. The molecule has 0 radical (unpaired) electrons. The largest absolute Gasteiger partial charge is 0.366 e. The van der Waals surface area contributed by atoms with E-state index >= 15 is 0 Å². The predicted molar refractivity (Wildman–Crippen MR) is 106 cm³/mol. The molecule has 6 nitrogen and oxygen atoms in total. The van der Waals surface area contributed by atoms with Gasteiger partial charge >= 0.3 is 0 Å². The van der Waals surface area contributed by atoms with Crippen LogP contribution in [0.25, 0.3) is 22.2 Å². The van der Waals surface area contributed by atoms with Crippen LogP contribution in [0.1, 0.15) is 10.4 Å². The van der Waals surface area contributed by atoms with Crippen molar-refractivity contribution < 1.29 is 4.79 Å². The van der Waals surface area contributed by atoms with Gasteiger partial charge in [0.1, 0.15) is 5.65 Å². The van der Waals surface area contributed by atoms with Gasteiger partial charge in [-0.1, -0.05) is 30.3 Å². The maximum atomic E-state index is 11.5. The molecule has 0 saturated carbocycles. The van der Waals surface area contributed by atoms with Crippen LogP contribution in [0.3, 0.4) is 0 Å². The number of amides is 1. The SMILES string of the molecule is NC(=O)c1cccc(-c2ccccc2Nc2ccnc3[nH]c(=O)ccc23)c1. The number of rotatable bonds is 4. The molecule has 1 amide bonds. The second kappa shape index (κ2) is 6.76. The summed E-state index contributed by atoms with van der Waals surface area (Å²) in [6.45, 7) is 0. The summed E-state index contributed by atoms with van der Waals surface area (Å²) < 4.78 is 0. The number of nitrogens with one attached hydrogen (secondary N) is 2. The van der Waals surface area contributed by atoms with E-state index in [-0.39, 0.29) is 5.56 Å². The minimum atomic E-state index is -0.466. The number of primary amides is 1. The number of carbonyl (C=O) groups excluding carboxylic acids is 1. The van der Waals surface area contributed by atoms with Crippen molar-refractivity contribution in [3.63, 3.8) is 0 Å². The van der Waals surface area contributed by atoms with Gasteiger partial charge in [0.2, 0.25) is 11.5 Å².